The summed E-state index contributed by atoms with van der Waals surface area (Å²) in [5, 5.41) is 3.00. The molecule has 0 bridgehead atoms. The molecule has 17 heavy (non-hydrogen) atoms. The number of benzene rings is 1. The van der Waals surface area contributed by atoms with E-state index in [9.17, 15) is 4.39 Å². The maximum absolute atomic E-state index is 13.8. The molecule has 3 nitrogen and oxygen atoms in total. The van der Waals surface area contributed by atoms with Crippen LogP contribution in [0.2, 0.25) is 0 Å². The van der Waals surface area contributed by atoms with Crippen molar-refractivity contribution < 1.29 is 4.39 Å². The number of nitrogens with one attached hydrogen (secondary N) is 1. The monoisotopic (exact) mass is 233 g/mol. The fourth-order valence-corrected chi connectivity index (χ4v) is 1.79. The number of nitrogens with zero attached hydrogens (tertiary/aromatic N) is 2. The van der Waals surface area contributed by atoms with Crippen LogP contribution in [-0.2, 0) is 20.0 Å². The second-order valence-corrected chi connectivity index (χ2v) is 4.09. The minimum absolute atomic E-state index is 0.166. The summed E-state index contributed by atoms with van der Waals surface area (Å²) < 4.78 is 15.7. The summed E-state index contributed by atoms with van der Waals surface area (Å²) in [7, 11) is 3.76. The molecule has 1 aromatic carbocycles. The lowest BCUT2D eigenvalue weighted by Crippen LogP contribution is -2.06. The molecule has 4 heteroatoms. The molecule has 0 atom stereocenters. The van der Waals surface area contributed by atoms with Gasteiger partial charge in [-0.15, -0.1) is 0 Å². The summed E-state index contributed by atoms with van der Waals surface area (Å²) >= 11 is 0. The lowest BCUT2D eigenvalue weighted by molar-refractivity contribution is 0.606. The van der Waals surface area contributed by atoms with Crippen LogP contribution in [0.25, 0.3) is 0 Å². The molecule has 0 fully saturated rings. The lowest BCUT2D eigenvalue weighted by atomic mass is 10.1. The minimum atomic E-state index is -0.166. The number of aromatic nitrogens is 2. The van der Waals surface area contributed by atoms with Gasteiger partial charge in [0.15, 0.2) is 0 Å². The van der Waals surface area contributed by atoms with Gasteiger partial charge in [-0.2, -0.15) is 0 Å². The second-order valence-electron chi connectivity index (χ2n) is 4.09. The summed E-state index contributed by atoms with van der Waals surface area (Å²) in [4.78, 5) is 4.19. The molecule has 0 aliphatic rings. The normalized spacial score (nSPS) is 10.8. The van der Waals surface area contributed by atoms with Gasteiger partial charge in [0.05, 0.1) is 0 Å². The van der Waals surface area contributed by atoms with Gasteiger partial charge in [0, 0.05) is 32.4 Å². The van der Waals surface area contributed by atoms with Crippen LogP contribution < -0.4 is 5.32 Å². The zero-order chi connectivity index (χ0) is 12.3. The van der Waals surface area contributed by atoms with E-state index in [0.29, 0.717) is 18.5 Å². The van der Waals surface area contributed by atoms with Crippen LogP contribution in [0.5, 0.6) is 0 Å². The van der Waals surface area contributed by atoms with Gasteiger partial charge in [-0.05, 0) is 24.2 Å². The van der Waals surface area contributed by atoms with Gasteiger partial charge in [-0.3, -0.25) is 0 Å². The molecule has 0 unspecified atom stereocenters. The molecule has 90 valence electrons. The molecule has 2 rings (SSSR count). The standard InChI is InChI=1S/C13H16FN3/c1-15-9-10-3-4-11(12(14)7-10)8-13-16-5-6-17(13)2/h3-7,15H,8-9H2,1-2H3. The van der Waals surface area contributed by atoms with Crippen molar-refractivity contribution in [2.24, 2.45) is 7.05 Å². The van der Waals surface area contributed by atoms with E-state index < -0.39 is 0 Å². The van der Waals surface area contributed by atoms with E-state index in [4.69, 9.17) is 0 Å². The molecule has 1 heterocycles. The zero-order valence-corrected chi connectivity index (χ0v) is 10.1. The Bertz CT molecular complexity index is 505. The van der Waals surface area contributed by atoms with Crippen LogP contribution in [0.15, 0.2) is 30.6 Å². The molecule has 0 aliphatic heterocycles. The van der Waals surface area contributed by atoms with Crippen molar-refractivity contribution in [2.45, 2.75) is 13.0 Å². The van der Waals surface area contributed by atoms with Crippen molar-refractivity contribution in [1.29, 1.82) is 0 Å². The maximum Gasteiger partial charge on any atom is 0.127 e. The highest BCUT2D eigenvalue weighted by Gasteiger charge is 2.07. The van der Waals surface area contributed by atoms with Crippen LogP contribution in [0.3, 0.4) is 0 Å². The maximum atomic E-state index is 13.8. The third kappa shape index (κ3) is 2.71. The highest BCUT2D eigenvalue weighted by molar-refractivity contribution is 5.26. The Morgan fingerprint density at radius 3 is 2.82 bits per heavy atom. The Balaban J connectivity index is 2.19. The fraction of sp³-hybridized carbons (Fsp3) is 0.308. The molecule has 0 aliphatic carbocycles. The second kappa shape index (κ2) is 5.10. The van der Waals surface area contributed by atoms with E-state index in [1.165, 1.54) is 0 Å². The van der Waals surface area contributed by atoms with Crippen molar-refractivity contribution in [2.75, 3.05) is 7.05 Å². The molecule has 0 spiro atoms. The van der Waals surface area contributed by atoms with E-state index in [1.807, 2.05) is 37.0 Å². The molecule has 0 saturated heterocycles. The van der Waals surface area contributed by atoms with E-state index in [2.05, 4.69) is 10.3 Å². The van der Waals surface area contributed by atoms with Crippen molar-refractivity contribution >= 4 is 0 Å². The minimum Gasteiger partial charge on any atom is -0.338 e. The predicted molar refractivity (Wildman–Crippen MR) is 65.2 cm³/mol. The Morgan fingerprint density at radius 2 is 2.24 bits per heavy atom. The number of hydrogen-bond donors (Lipinski definition) is 1. The largest absolute Gasteiger partial charge is 0.338 e. The Hall–Kier alpha value is -1.68. The van der Waals surface area contributed by atoms with Crippen molar-refractivity contribution in [3.8, 4) is 0 Å². The lowest BCUT2D eigenvalue weighted by Gasteiger charge is -2.06. The Morgan fingerprint density at radius 1 is 1.41 bits per heavy atom. The predicted octanol–water partition coefficient (Wildman–Crippen LogP) is 1.87. The first kappa shape index (κ1) is 11.8. The Kier molecular flexibility index (Phi) is 3.54. The van der Waals surface area contributed by atoms with Gasteiger partial charge in [-0.1, -0.05) is 12.1 Å². The molecule has 0 saturated carbocycles. The SMILES string of the molecule is CNCc1ccc(Cc2nccn2C)c(F)c1. The zero-order valence-electron chi connectivity index (χ0n) is 10.1. The van der Waals surface area contributed by atoms with Crippen molar-refractivity contribution in [3.05, 3.63) is 53.4 Å². The molecule has 0 amide bonds. The van der Waals surface area contributed by atoms with Gasteiger partial charge < -0.3 is 9.88 Å². The first-order chi connectivity index (χ1) is 8.20. The van der Waals surface area contributed by atoms with Crippen LogP contribution >= 0.6 is 0 Å². The summed E-state index contributed by atoms with van der Waals surface area (Å²) in [6, 6.07) is 5.35. The van der Waals surface area contributed by atoms with Crippen LogP contribution in [0, 0.1) is 5.82 Å². The van der Waals surface area contributed by atoms with Crippen molar-refractivity contribution in [3.63, 3.8) is 0 Å². The number of rotatable bonds is 4. The smallest absolute Gasteiger partial charge is 0.127 e. The number of hydrogen-bond acceptors (Lipinski definition) is 2. The number of halogens is 1. The average molecular weight is 233 g/mol. The van der Waals surface area contributed by atoms with Gasteiger partial charge in [0.1, 0.15) is 11.6 Å². The number of aryl methyl sites for hydroxylation is 1. The van der Waals surface area contributed by atoms with E-state index in [1.54, 1.807) is 12.3 Å². The summed E-state index contributed by atoms with van der Waals surface area (Å²) in [6.07, 6.45) is 4.11. The fourth-order valence-electron chi connectivity index (χ4n) is 1.79. The highest BCUT2D eigenvalue weighted by Crippen LogP contribution is 2.14. The molecule has 1 N–H and O–H groups in total. The van der Waals surface area contributed by atoms with Gasteiger partial charge in [-0.25, -0.2) is 9.37 Å². The van der Waals surface area contributed by atoms with E-state index >= 15 is 0 Å². The van der Waals surface area contributed by atoms with E-state index in [-0.39, 0.29) is 5.82 Å². The topological polar surface area (TPSA) is 29.9 Å². The summed E-state index contributed by atoms with van der Waals surface area (Å²) in [6.45, 7) is 0.680. The molecule has 2 aromatic rings. The quantitative estimate of drug-likeness (QED) is 0.873. The third-order valence-electron chi connectivity index (χ3n) is 2.77. The van der Waals surface area contributed by atoms with E-state index in [0.717, 1.165) is 11.4 Å². The number of imidazole rings is 1. The van der Waals surface area contributed by atoms with Crippen LogP contribution in [0.1, 0.15) is 17.0 Å². The third-order valence-corrected chi connectivity index (χ3v) is 2.77. The highest BCUT2D eigenvalue weighted by atomic mass is 19.1. The molecular weight excluding hydrogens is 217 g/mol. The van der Waals surface area contributed by atoms with Crippen LogP contribution in [-0.4, -0.2) is 16.6 Å². The summed E-state index contributed by atoms with van der Waals surface area (Å²) in [5.41, 5.74) is 1.63. The van der Waals surface area contributed by atoms with Gasteiger partial charge in [0.25, 0.3) is 0 Å². The molecule has 0 radical (unpaired) electrons. The van der Waals surface area contributed by atoms with Crippen molar-refractivity contribution in [1.82, 2.24) is 14.9 Å². The first-order valence-electron chi connectivity index (χ1n) is 5.59. The molecule has 1 aromatic heterocycles. The van der Waals surface area contributed by atoms with Gasteiger partial charge >= 0.3 is 0 Å². The average Bonchev–Trinajstić information content (AvgIpc) is 2.69. The summed E-state index contributed by atoms with van der Waals surface area (Å²) in [5.74, 6) is 0.700. The molecular formula is C13H16FN3. The first-order valence-corrected chi connectivity index (χ1v) is 5.59. The Labute approximate surface area is 100 Å². The van der Waals surface area contributed by atoms with Crippen LogP contribution in [0.4, 0.5) is 4.39 Å². The van der Waals surface area contributed by atoms with Gasteiger partial charge in [0.2, 0.25) is 0 Å².